The molecule has 4 nitrogen and oxygen atoms in total. The van der Waals surface area contributed by atoms with E-state index in [4.69, 9.17) is 23.2 Å². The summed E-state index contributed by atoms with van der Waals surface area (Å²) in [5.41, 5.74) is -0.146. The summed E-state index contributed by atoms with van der Waals surface area (Å²) in [5.74, 6) is -1.11. The van der Waals surface area contributed by atoms with Gasteiger partial charge in [-0.25, -0.2) is 4.39 Å². The van der Waals surface area contributed by atoms with Gasteiger partial charge in [0.2, 0.25) is 5.91 Å². The van der Waals surface area contributed by atoms with Crippen LogP contribution in [-0.4, -0.2) is 10.5 Å². The second kappa shape index (κ2) is 6.07. The second-order valence-electron chi connectivity index (χ2n) is 3.96. The minimum Gasteiger partial charge on any atom is -0.323 e. The van der Waals surface area contributed by atoms with Gasteiger partial charge in [0.05, 0.1) is 15.7 Å². The van der Waals surface area contributed by atoms with Gasteiger partial charge in [0.25, 0.3) is 5.56 Å². The molecule has 20 heavy (non-hydrogen) atoms. The van der Waals surface area contributed by atoms with Crippen molar-refractivity contribution in [3.05, 3.63) is 62.7 Å². The number of nitrogens with zero attached hydrogens (tertiary/aromatic N) is 1. The molecule has 0 unspecified atom stereocenters. The maximum atomic E-state index is 13.0. The van der Waals surface area contributed by atoms with E-state index in [0.29, 0.717) is 10.7 Å². The van der Waals surface area contributed by atoms with Gasteiger partial charge in [0.1, 0.15) is 12.4 Å². The van der Waals surface area contributed by atoms with Crippen molar-refractivity contribution in [1.82, 2.24) is 4.57 Å². The van der Waals surface area contributed by atoms with Crippen LogP contribution >= 0.6 is 23.2 Å². The number of nitrogens with one attached hydrogen (secondary N) is 1. The van der Waals surface area contributed by atoms with Gasteiger partial charge in [0, 0.05) is 12.3 Å². The second-order valence-corrected chi connectivity index (χ2v) is 4.75. The summed E-state index contributed by atoms with van der Waals surface area (Å²) < 4.78 is 14.0. The first-order valence-electron chi connectivity index (χ1n) is 5.57. The molecule has 2 rings (SSSR count). The van der Waals surface area contributed by atoms with Crippen LogP contribution in [0.1, 0.15) is 0 Å². The summed E-state index contributed by atoms with van der Waals surface area (Å²) in [5, 5.41) is 3.01. The van der Waals surface area contributed by atoms with E-state index in [9.17, 15) is 14.0 Å². The third-order valence-electron chi connectivity index (χ3n) is 2.49. The minimum atomic E-state index is -0.599. The van der Waals surface area contributed by atoms with Crippen molar-refractivity contribution in [2.75, 3.05) is 5.32 Å². The molecule has 0 atom stereocenters. The van der Waals surface area contributed by atoms with Gasteiger partial charge >= 0.3 is 0 Å². The number of hydrogen-bond donors (Lipinski definition) is 1. The third kappa shape index (κ3) is 3.37. The molecule has 104 valence electrons. The average Bonchev–Trinajstić information content (AvgIpc) is 2.39. The minimum absolute atomic E-state index is 0.203. The number of aromatic nitrogens is 1. The Morgan fingerprint density at radius 1 is 1.25 bits per heavy atom. The molecule has 0 aliphatic carbocycles. The molecule has 0 radical (unpaired) electrons. The first kappa shape index (κ1) is 14.6. The first-order chi connectivity index (χ1) is 9.47. The third-order valence-corrected chi connectivity index (χ3v) is 3.31. The fraction of sp³-hybridized carbons (Fsp3) is 0.0769. The molecular formula is C13H9Cl2FN2O2. The van der Waals surface area contributed by atoms with E-state index in [2.05, 4.69) is 5.32 Å². The Morgan fingerprint density at radius 3 is 2.75 bits per heavy atom. The predicted octanol–water partition coefficient (Wildman–Crippen LogP) is 2.93. The Kier molecular flexibility index (Phi) is 4.42. The van der Waals surface area contributed by atoms with Gasteiger partial charge in [-0.2, -0.15) is 0 Å². The average molecular weight is 315 g/mol. The Labute approximate surface area is 123 Å². The molecule has 1 aromatic carbocycles. The highest BCUT2D eigenvalue weighted by Gasteiger charge is 2.09. The van der Waals surface area contributed by atoms with Gasteiger partial charge in [-0.15, -0.1) is 0 Å². The van der Waals surface area contributed by atoms with E-state index in [1.165, 1.54) is 0 Å². The number of halogens is 3. The van der Waals surface area contributed by atoms with Crippen molar-refractivity contribution in [1.29, 1.82) is 0 Å². The number of carbonyl (C=O) groups is 1. The van der Waals surface area contributed by atoms with Gasteiger partial charge in [-0.05, 0) is 18.2 Å². The molecule has 0 bridgehead atoms. The smallest absolute Gasteiger partial charge is 0.251 e. The standard InChI is InChI=1S/C13H9Cl2FN2O2/c14-9-2-1-3-10(13(9)15)17-11(19)7-18-6-8(16)4-5-12(18)20/h1-6H,7H2,(H,17,19). The molecule has 2 aromatic rings. The molecule has 0 aliphatic rings. The predicted molar refractivity (Wildman–Crippen MR) is 75.8 cm³/mol. The van der Waals surface area contributed by atoms with Crippen molar-refractivity contribution in [2.45, 2.75) is 6.54 Å². The van der Waals surface area contributed by atoms with Crippen LogP contribution in [0.2, 0.25) is 10.0 Å². The highest BCUT2D eigenvalue weighted by atomic mass is 35.5. The van der Waals surface area contributed by atoms with Crippen LogP contribution in [0.5, 0.6) is 0 Å². The Hall–Kier alpha value is -1.85. The summed E-state index contributed by atoms with van der Waals surface area (Å²) >= 11 is 11.7. The summed E-state index contributed by atoms with van der Waals surface area (Å²) in [7, 11) is 0. The van der Waals surface area contributed by atoms with Crippen LogP contribution in [0.25, 0.3) is 0 Å². The number of amides is 1. The monoisotopic (exact) mass is 314 g/mol. The summed E-state index contributed by atoms with van der Waals surface area (Å²) in [4.78, 5) is 23.3. The lowest BCUT2D eigenvalue weighted by molar-refractivity contribution is -0.116. The zero-order chi connectivity index (χ0) is 14.7. The molecule has 1 amide bonds. The van der Waals surface area contributed by atoms with E-state index in [1.54, 1.807) is 18.2 Å². The lowest BCUT2D eigenvalue weighted by atomic mass is 10.3. The van der Waals surface area contributed by atoms with E-state index >= 15 is 0 Å². The molecule has 0 spiro atoms. The van der Waals surface area contributed by atoms with E-state index < -0.39 is 17.3 Å². The molecule has 0 saturated carbocycles. The molecule has 0 saturated heterocycles. The number of anilines is 1. The number of benzene rings is 1. The van der Waals surface area contributed by atoms with Crippen molar-refractivity contribution >= 4 is 34.8 Å². The SMILES string of the molecule is O=C(Cn1cc(F)ccc1=O)Nc1cccc(Cl)c1Cl. The Morgan fingerprint density at radius 2 is 2.00 bits per heavy atom. The largest absolute Gasteiger partial charge is 0.323 e. The first-order valence-corrected chi connectivity index (χ1v) is 6.33. The summed E-state index contributed by atoms with van der Waals surface area (Å²) in [6, 6.07) is 6.86. The van der Waals surface area contributed by atoms with Crippen LogP contribution in [-0.2, 0) is 11.3 Å². The highest BCUT2D eigenvalue weighted by molar-refractivity contribution is 6.43. The van der Waals surface area contributed by atoms with Crippen LogP contribution in [0, 0.1) is 5.82 Å². The molecule has 1 aromatic heterocycles. The quantitative estimate of drug-likeness (QED) is 0.947. The fourth-order valence-corrected chi connectivity index (χ4v) is 1.92. The van der Waals surface area contributed by atoms with Crippen molar-refractivity contribution in [2.24, 2.45) is 0 Å². The zero-order valence-corrected chi connectivity index (χ0v) is 11.6. The molecule has 0 fully saturated rings. The molecule has 7 heteroatoms. The number of rotatable bonds is 3. The lowest BCUT2D eigenvalue weighted by Crippen LogP contribution is -2.27. The van der Waals surface area contributed by atoms with Crippen LogP contribution in [0.15, 0.2) is 41.3 Å². The maximum Gasteiger partial charge on any atom is 0.251 e. The van der Waals surface area contributed by atoms with Crippen LogP contribution in [0.4, 0.5) is 10.1 Å². The van der Waals surface area contributed by atoms with E-state index in [1.807, 2.05) is 0 Å². The van der Waals surface area contributed by atoms with E-state index in [0.717, 1.165) is 22.9 Å². The summed E-state index contributed by atoms with van der Waals surface area (Å²) in [6.45, 7) is -0.320. The van der Waals surface area contributed by atoms with Gasteiger partial charge in [-0.1, -0.05) is 29.3 Å². The Bertz CT molecular complexity index is 716. The van der Waals surface area contributed by atoms with Gasteiger partial charge in [-0.3, -0.25) is 9.59 Å². The van der Waals surface area contributed by atoms with Crippen molar-refractivity contribution in [3.63, 3.8) is 0 Å². The maximum absolute atomic E-state index is 13.0. The molecular weight excluding hydrogens is 306 g/mol. The molecule has 0 aliphatic heterocycles. The van der Waals surface area contributed by atoms with E-state index in [-0.39, 0.29) is 11.6 Å². The number of carbonyl (C=O) groups excluding carboxylic acids is 1. The number of pyridine rings is 1. The molecule has 1 heterocycles. The van der Waals surface area contributed by atoms with Gasteiger partial charge in [0.15, 0.2) is 0 Å². The van der Waals surface area contributed by atoms with Gasteiger partial charge < -0.3 is 9.88 Å². The Balaban J connectivity index is 2.15. The fourth-order valence-electron chi connectivity index (χ4n) is 1.57. The normalized spacial score (nSPS) is 10.3. The van der Waals surface area contributed by atoms with Crippen LogP contribution < -0.4 is 10.9 Å². The topological polar surface area (TPSA) is 51.1 Å². The molecule has 1 N–H and O–H groups in total. The summed E-state index contributed by atoms with van der Waals surface area (Å²) in [6.07, 6.45) is 0.960. The van der Waals surface area contributed by atoms with Crippen molar-refractivity contribution < 1.29 is 9.18 Å². The number of hydrogen-bond acceptors (Lipinski definition) is 2. The zero-order valence-electron chi connectivity index (χ0n) is 10.1. The van der Waals surface area contributed by atoms with Crippen LogP contribution in [0.3, 0.4) is 0 Å². The highest BCUT2D eigenvalue weighted by Crippen LogP contribution is 2.29. The van der Waals surface area contributed by atoms with Crippen molar-refractivity contribution in [3.8, 4) is 0 Å². The lowest BCUT2D eigenvalue weighted by Gasteiger charge is -2.09.